The van der Waals surface area contributed by atoms with Crippen molar-refractivity contribution in [2.24, 2.45) is 5.92 Å². The largest absolute Gasteiger partial charge is 0.379 e. The average Bonchev–Trinajstić information content (AvgIpc) is 2.72. The first kappa shape index (κ1) is 23.4. The van der Waals surface area contributed by atoms with Crippen LogP contribution in [0.5, 0.6) is 0 Å². The number of sulfone groups is 1. The van der Waals surface area contributed by atoms with Crippen molar-refractivity contribution in [3.63, 3.8) is 0 Å². The number of aryl methyl sites for hydroxylation is 1. The molecule has 0 radical (unpaired) electrons. The lowest BCUT2D eigenvalue weighted by molar-refractivity contribution is -0.125. The van der Waals surface area contributed by atoms with Crippen LogP contribution in [0.2, 0.25) is 0 Å². The second-order valence-corrected chi connectivity index (χ2v) is 10.4. The van der Waals surface area contributed by atoms with E-state index in [-0.39, 0.29) is 22.8 Å². The summed E-state index contributed by atoms with van der Waals surface area (Å²) in [5.41, 5.74) is 1.43. The maximum atomic E-state index is 12.4. The van der Waals surface area contributed by atoms with Gasteiger partial charge in [-0.3, -0.25) is 4.79 Å². The number of hydrogen-bond donors (Lipinski definition) is 1. The maximum Gasteiger partial charge on any atom is 0.226 e. The SMILES string of the molecule is Cc1nc(N2CCC(C(=O)NCCCOC(C)C)CC2)nc2cc(S(C)(=O)=O)ccc12. The number of rotatable bonds is 8. The molecule has 1 fully saturated rings. The Hall–Kier alpha value is -2.26. The average molecular weight is 449 g/mol. The summed E-state index contributed by atoms with van der Waals surface area (Å²) in [7, 11) is -3.30. The molecule has 0 atom stereocenters. The molecule has 2 aromatic rings. The smallest absolute Gasteiger partial charge is 0.226 e. The molecule has 0 unspecified atom stereocenters. The van der Waals surface area contributed by atoms with Crippen LogP contribution in [0.4, 0.5) is 5.95 Å². The maximum absolute atomic E-state index is 12.4. The van der Waals surface area contributed by atoms with Gasteiger partial charge in [0.05, 0.1) is 22.2 Å². The van der Waals surface area contributed by atoms with Crippen LogP contribution in [0.25, 0.3) is 10.9 Å². The van der Waals surface area contributed by atoms with Crippen molar-refractivity contribution in [2.75, 3.05) is 37.4 Å². The van der Waals surface area contributed by atoms with E-state index in [0.29, 0.717) is 37.7 Å². The number of ether oxygens (including phenoxy) is 1. The van der Waals surface area contributed by atoms with Crippen LogP contribution in [-0.4, -0.2) is 62.9 Å². The Bertz CT molecular complexity index is 1030. The molecule has 0 saturated carbocycles. The molecule has 0 aliphatic carbocycles. The molecular weight excluding hydrogens is 416 g/mol. The van der Waals surface area contributed by atoms with E-state index >= 15 is 0 Å². The van der Waals surface area contributed by atoms with E-state index < -0.39 is 9.84 Å². The molecule has 1 aliphatic heterocycles. The Kier molecular flexibility index (Phi) is 7.48. The van der Waals surface area contributed by atoms with Gasteiger partial charge in [0.15, 0.2) is 9.84 Å². The molecule has 0 bridgehead atoms. The molecule has 0 spiro atoms. The Labute approximate surface area is 184 Å². The quantitative estimate of drug-likeness (QED) is 0.619. The van der Waals surface area contributed by atoms with Gasteiger partial charge in [0.2, 0.25) is 11.9 Å². The number of nitrogens with zero attached hydrogens (tertiary/aromatic N) is 3. The van der Waals surface area contributed by atoms with Gasteiger partial charge >= 0.3 is 0 Å². The lowest BCUT2D eigenvalue weighted by Crippen LogP contribution is -2.41. The third-order valence-electron chi connectivity index (χ3n) is 5.50. The third kappa shape index (κ3) is 6.13. The first-order valence-electron chi connectivity index (χ1n) is 10.8. The molecule has 2 heterocycles. The summed E-state index contributed by atoms with van der Waals surface area (Å²) in [5.74, 6) is 0.665. The highest BCUT2D eigenvalue weighted by molar-refractivity contribution is 7.90. The van der Waals surface area contributed by atoms with Gasteiger partial charge in [-0.15, -0.1) is 0 Å². The van der Waals surface area contributed by atoms with Gasteiger partial charge in [0.1, 0.15) is 0 Å². The number of carbonyl (C=O) groups excluding carboxylic acids is 1. The molecule has 1 aromatic heterocycles. The highest BCUT2D eigenvalue weighted by Crippen LogP contribution is 2.25. The molecule has 1 aromatic carbocycles. The number of hydrogen-bond acceptors (Lipinski definition) is 7. The topological polar surface area (TPSA) is 101 Å². The number of anilines is 1. The van der Waals surface area contributed by atoms with E-state index in [4.69, 9.17) is 4.74 Å². The predicted octanol–water partition coefficient (Wildman–Crippen LogP) is 2.49. The van der Waals surface area contributed by atoms with E-state index in [9.17, 15) is 13.2 Å². The van der Waals surface area contributed by atoms with Crippen molar-refractivity contribution in [1.82, 2.24) is 15.3 Å². The minimum absolute atomic E-state index is 0.0133. The molecule has 1 saturated heterocycles. The third-order valence-corrected chi connectivity index (χ3v) is 6.61. The summed E-state index contributed by atoms with van der Waals surface area (Å²) >= 11 is 0. The summed E-state index contributed by atoms with van der Waals surface area (Å²) < 4.78 is 29.3. The summed E-state index contributed by atoms with van der Waals surface area (Å²) in [4.78, 5) is 24.0. The van der Waals surface area contributed by atoms with Gasteiger partial charge in [-0.25, -0.2) is 18.4 Å². The van der Waals surface area contributed by atoms with Crippen LogP contribution >= 0.6 is 0 Å². The van der Waals surface area contributed by atoms with E-state index in [1.54, 1.807) is 18.2 Å². The second-order valence-electron chi connectivity index (χ2n) is 8.39. The van der Waals surface area contributed by atoms with E-state index in [1.807, 2.05) is 20.8 Å². The Morgan fingerprint density at radius 2 is 1.97 bits per heavy atom. The normalized spacial score (nSPS) is 15.6. The number of carbonyl (C=O) groups is 1. The zero-order chi connectivity index (χ0) is 22.6. The Balaban J connectivity index is 1.60. The predicted molar refractivity (Wildman–Crippen MR) is 121 cm³/mol. The second kappa shape index (κ2) is 9.91. The number of piperidine rings is 1. The minimum Gasteiger partial charge on any atom is -0.379 e. The number of aromatic nitrogens is 2. The fourth-order valence-corrected chi connectivity index (χ4v) is 4.35. The summed E-state index contributed by atoms with van der Waals surface area (Å²) in [5, 5.41) is 3.85. The monoisotopic (exact) mass is 448 g/mol. The lowest BCUT2D eigenvalue weighted by atomic mass is 9.96. The Morgan fingerprint density at radius 1 is 1.26 bits per heavy atom. The van der Waals surface area contributed by atoms with Crippen molar-refractivity contribution in [3.05, 3.63) is 23.9 Å². The van der Waals surface area contributed by atoms with Gasteiger partial charge in [0, 0.05) is 43.8 Å². The first-order chi connectivity index (χ1) is 14.6. The summed E-state index contributed by atoms with van der Waals surface area (Å²) in [6.45, 7) is 8.54. The zero-order valence-corrected chi connectivity index (χ0v) is 19.5. The standard InChI is InChI=1S/C22H32N4O4S/c1-15(2)30-13-5-10-23-21(27)17-8-11-26(12-9-17)22-24-16(3)19-7-6-18(31(4,28)29)14-20(19)25-22/h6-7,14-15,17H,5,8-13H2,1-4H3,(H,23,27). The van der Waals surface area contributed by atoms with Crippen LogP contribution in [0.15, 0.2) is 23.1 Å². The fraction of sp³-hybridized carbons (Fsp3) is 0.591. The van der Waals surface area contributed by atoms with Gasteiger partial charge in [-0.1, -0.05) is 0 Å². The summed E-state index contributed by atoms with van der Waals surface area (Å²) in [6, 6.07) is 4.95. The molecule has 9 heteroatoms. The number of amides is 1. The molecule has 1 N–H and O–H groups in total. The van der Waals surface area contributed by atoms with Crippen molar-refractivity contribution in [1.29, 1.82) is 0 Å². The van der Waals surface area contributed by atoms with Crippen molar-refractivity contribution in [2.45, 2.75) is 51.0 Å². The molecular formula is C22H32N4O4S. The number of benzene rings is 1. The van der Waals surface area contributed by atoms with Gasteiger partial charge in [-0.05, 0) is 58.2 Å². The van der Waals surface area contributed by atoms with Crippen LogP contribution in [0, 0.1) is 12.8 Å². The van der Waals surface area contributed by atoms with Gasteiger partial charge in [-0.2, -0.15) is 0 Å². The first-order valence-corrected chi connectivity index (χ1v) is 12.7. The molecule has 3 rings (SSSR count). The van der Waals surface area contributed by atoms with Crippen molar-refractivity contribution in [3.8, 4) is 0 Å². The molecule has 31 heavy (non-hydrogen) atoms. The minimum atomic E-state index is -3.30. The van der Waals surface area contributed by atoms with Gasteiger partial charge in [0.25, 0.3) is 0 Å². The Morgan fingerprint density at radius 3 is 2.61 bits per heavy atom. The molecule has 170 valence electrons. The van der Waals surface area contributed by atoms with E-state index in [1.165, 1.54) is 6.26 Å². The van der Waals surface area contributed by atoms with Crippen LogP contribution in [0.3, 0.4) is 0 Å². The molecule has 1 amide bonds. The highest BCUT2D eigenvalue weighted by Gasteiger charge is 2.26. The lowest BCUT2D eigenvalue weighted by Gasteiger charge is -2.31. The van der Waals surface area contributed by atoms with E-state index in [2.05, 4.69) is 20.2 Å². The zero-order valence-electron chi connectivity index (χ0n) is 18.7. The van der Waals surface area contributed by atoms with Crippen molar-refractivity contribution >= 4 is 32.6 Å². The van der Waals surface area contributed by atoms with Crippen molar-refractivity contribution < 1.29 is 17.9 Å². The van der Waals surface area contributed by atoms with Crippen LogP contribution < -0.4 is 10.2 Å². The van der Waals surface area contributed by atoms with Crippen LogP contribution in [0.1, 0.15) is 38.8 Å². The summed E-state index contributed by atoms with van der Waals surface area (Å²) in [6.07, 6.45) is 3.67. The van der Waals surface area contributed by atoms with Gasteiger partial charge < -0.3 is 15.0 Å². The van der Waals surface area contributed by atoms with Crippen LogP contribution in [-0.2, 0) is 19.4 Å². The van der Waals surface area contributed by atoms with E-state index in [0.717, 1.165) is 30.3 Å². The highest BCUT2D eigenvalue weighted by atomic mass is 32.2. The fourth-order valence-electron chi connectivity index (χ4n) is 3.71. The number of nitrogens with one attached hydrogen (secondary N) is 1. The molecule has 8 nitrogen and oxygen atoms in total. The molecule has 1 aliphatic rings. The number of fused-ring (bicyclic) bond motifs is 1.